The standard InChI is InChI=1S/C24H32N4O4/c1-5-32-16(3)21-20(15(2)14-29)17(13-25-28-21)18-12-19(27-26-18)23-6-9-24(10-7-23,11-8-23)22(30)31-4/h12-13,15,29H,3,5-11,14H2,1-2,4H3,(H,26,27). The number of carbonyl (C=O) groups excluding carboxylic acids is 1. The Bertz CT molecular complexity index is 991. The van der Waals surface area contributed by atoms with Gasteiger partial charge in [0.25, 0.3) is 0 Å². The number of nitrogens with zero attached hydrogens (tertiary/aromatic N) is 3. The van der Waals surface area contributed by atoms with E-state index in [9.17, 15) is 9.90 Å². The van der Waals surface area contributed by atoms with Gasteiger partial charge < -0.3 is 14.6 Å². The van der Waals surface area contributed by atoms with Crippen molar-refractivity contribution in [2.75, 3.05) is 20.3 Å². The van der Waals surface area contributed by atoms with Crippen LogP contribution in [0.4, 0.5) is 0 Å². The molecule has 1 unspecified atom stereocenters. The molecule has 172 valence electrons. The first-order valence-electron chi connectivity index (χ1n) is 11.3. The Morgan fingerprint density at radius 2 is 1.97 bits per heavy atom. The molecule has 2 aromatic rings. The predicted octanol–water partition coefficient (Wildman–Crippen LogP) is 3.73. The normalized spacial score (nSPS) is 25.4. The number of aromatic amines is 1. The molecule has 2 N–H and O–H groups in total. The summed E-state index contributed by atoms with van der Waals surface area (Å²) in [5.74, 6) is 0.193. The average Bonchev–Trinajstić information content (AvgIpc) is 3.35. The maximum Gasteiger partial charge on any atom is 0.311 e. The summed E-state index contributed by atoms with van der Waals surface area (Å²) in [7, 11) is 1.48. The van der Waals surface area contributed by atoms with E-state index in [0.717, 1.165) is 61.0 Å². The molecular weight excluding hydrogens is 408 g/mol. The average molecular weight is 441 g/mol. The van der Waals surface area contributed by atoms with Gasteiger partial charge in [-0.2, -0.15) is 10.2 Å². The SMILES string of the molecule is C=C(OCC)c1nncc(-c2cc(C34CCC(C(=O)OC)(CC3)CC4)n[nH]2)c1C(C)CO. The maximum atomic E-state index is 12.3. The smallest absolute Gasteiger partial charge is 0.311 e. The summed E-state index contributed by atoms with van der Waals surface area (Å²) in [6.45, 7) is 8.26. The van der Waals surface area contributed by atoms with Gasteiger partial charge in [0.15, 0.2) is 0 Å². The van der Waals surface area contributed by atoms with Crippen LogP contribution in [0.25, 0.3) is 17.0 Å². The lowest BCUT2D eigenvalue weighted by atomic mass is 9.53. The molecule has 3 aliphatic carbocycles. The molecule has 32 heavy (non-hydrogen) atoms. The molecule has 5 rings (SSSR count). The third-order valence-electron chi connectivity index (χ3n) is 7.52. The Balaban J connectivity index is 1.67. The van der Waals surface area contributed by atoms with Crippen molar-refractivity contribution in [1.82, 2.24) is 20.4 Å². The third-order valence-corrected chi connectivity index (χ3v) is 7.52. The summed E-state index contributed by atoms with van der Waals surface area (Å²) in [6, 6.07) is 2.09. The molecule has 0 saturated heterocycles. The van der Waals surface area contributed by atoms with Crippen molar-refractivity contribution in [2.45, 2.75) is 63.7 Å². The fourth-order valence-corrected chi connectivity index (χ4v) is 5.47. The van der Waals surface area contributed by atoms with E-state index in [4.69, 9.17) is 14.6 Å². The Hall–Kier alpha value is -2.74. The van der Waals surface area contributed by atoms with Crippen molar-refractivity contribution in [3.8, 4) is 11.3 Å². The molecule has 1 atom stereocenters. The lowest BCUT2D eigenvalue weighted by Crippen LogP contribution is -2.48. The van der Waals surface area contributed by atoms with Crippen LogP contribution >= 0.6 is 0 Å². The highest BCUT2D eigenvalue weighted by molar-refractivity contribution is 5.77. The van der Waals surface area contributed by atoms with Crippen LogP contribution < -0.4 is 0 Å². The lowest BCUT2D eigenvalue weighted by Gasteiger charge is -2.51. The van der Waals surface area contributed by atoms with Crippen LogP contribution in [0.2, 0.25) is 0 Å². The highest BCUT2D eigenvalue weighted by Crippen LogP contribution is 2.58. The maximum absolute atomic E-state index is 12.3. The number of rotatable bonds is 8. The highest BCUT2D eigenvalue weighted by Gasteiger charge is 2.54. The fraction of sp³-hybridized carbons (Fsp3) is 0.583. The van der Waals surface area contributed by atoms with Gasteiger partial charge in [0.2, 0.25) is 0 Å². The van der Waals surface area contributed by atoms with Gasteiger partial charge in [-0.05, 0) is 57.1 Å². The molecule has 0 aromatic carbocycles. The van der Waals surface area contributed by atoms with Gasteiger partial charge in [-0.25, -0.2) is 0 Å². The van der Waals surface area contributed by atoms with E-state index in [0.29, 0.717) is 18.1 Å². The number of nitrogens with one attached hydrogen (secondary N) is 1. The van der Waals surface area contributed by atoms with E-state index in [1.54, 1.807) is 6.20 Å². The third kappa shape index (κ3) is 3.60. The number of aliphatic hydroxyl groups is 1. The van der Waals surface area contributed by atoms with E-state index >= 15 is 0 Å². The van der Waals surface area contributed by atoms with Crippen LogP contribution in [-0.2, 0) is 19.7 Å². The van der Waals surface area contributed by atoms with Gasteiger partial charge in [0, 0.05) is 23.5 Å². The molecule has 8 heteroatoms. The van der Waals surface area contributed by atoms with Crippen LogP contribution in [0, 0.1) is 5.41 Å². The summed E-state index contributed by atoms with van der Waals surface area (Å²) in [5.41, 5.74) is 3.75. The quantitative estimate of drug-likeness (QED) is 0.475. The first kappa shape index (κ1) is 22.5. The first-order valence-corrected chi connectivity index (χ1v) is 11.3. The minimum absolute atomic E-state index is 0.0223. The van der Waals surface area contributed by atoms with Gasteiger partial charge in [-0.3, -0.25) is 9.89 Å². The molecule has 3 saturated carbocycles. The minimum atomic E-state index is -0.317. The number of ether oxygens (including phenoxy) is 2. The van der Waals surface area contributed by atoms with Crippen molar-refractivity contribution in [3.05, 3.63) is 35.8 Å². The van der Waals surface area contributed by atoms with Crippen LogP contribution in [0.1, 0.15) is 75.2 Å². The Kier molecular flexibility index (Phi) is 6.07. The van der Waals surface area contributed by atoms with Gasteiger partial charge in [0.1, 0.15) is 11.5 Å². The van der Waals surface area contributed by atoms with Crippen molar-refractivity contribution in [3.63, 3.8) is 0 Å². The molecule has 0 aliphatic heterocycles. The lowest BCUT2D eigenvalue weighted by molar-refractivity contribution is -0.160. The Morgan fingerprint density at radius 1 is 1.28 bits per heavy atom. The van der Waals surface area contributed by atoms with Gasteiger partial charge in [-0.15, -0.1) is 5.10 Å². The molecule has 8 nitrogen and oxygen atoms in total. The number of aromatic nitrogens is 4. The summed E-state index contributed by atoms with van der Waals surface area (Å²) in [6.07, 6.45) is 6.98. The largest absolute Gasteiger partial charge is 0.492 e. The number of aliphatic hydroxyl groups excluding tert-OH is 1. The number of esters is 1. The van der Waals surface area contributed by atoms with Crippen molar-refractivity contribution < 1.29 is 19.4 Å². The second kappa shape index (κ2) is 8.65. The molecule has 2 heterocycles. The number of carbonyl (C=O) groups is 1. The van der Waals surface area contributed by atoms with Crippen LogP contribution in [0.5, 0.6) is 0 Å². The number of H-pyrrole nitrogens is 1. The van der Waals surface area contributed by atoms with E-state index in [1.165, 1.54) is 7.11 Å². The van der Waals surface area contributed by atoms with Gasteiger partial charge >= 0.3 is 5.97 Å². The monoisotopic (exact) mass is 440 g/mol. The molecule has 3 fully saturated rings. The molecule has 2 bridgehead atoms. The van der Waals surface area contributed by atoms with E-state index < -0.39 is 0 Å². The van der Waals surface area contributed by atoms with Crippen LogP contribution in [0.3, 0.4) is 0 Å². The van der Waals surface area contributed by atoms with E-state index in [-0.39, 0.29) is 29.3 Å². The zero-order chi connectivity index (χ0) is 22.9. The van der Waals surface area contributed by atoms with E-state index in [2.05, 4.69) is 27.9 Å². The highest BCUT2D eigenvalue weighted by atomic mass is 16.5. The van der Waals surface area contributed by atoms with Crippen molar-refractivity contribution >= 4 is 11.7 Å². The van der Waals surface area contributed by atoms with Gasteiger partial charge in [-0.1, -0.05) is 13.5 Å². The van der Waals surface area contributed by atoms with Crippen molar-refractivity contribution in [1.29, 1.82) is 0 Å². The molecular formula is C24H32N4O4. The predicted molar refractivity (Wildman–Crippen MR) is 120 cm³/mol. The first-order chi connectivity index (χ1) is 15.4. The van der Waals surface area contributed by atoms with Crippen LogP contribution in [0.15, 0.2) is 18.8 Å². The van der Waals surface area contributed by atoms with Gasteiger partial charge in [0.05, 0.1) is 36.7 Å². The molecule has 3 aliphatic rings. The Morgan fingerprint density at radius 3 is 2.56 bits per heavy atom. The second-order valence-electron chi connectivity index (χ2n) is 9.18. The van der Waals surface area contributed by atoms with Crippen molar-refractivity contribution in [2.24, 2.45) is 5.41 Å². The topological polar surface area (TPSA) is 110 Å². The molecule has 2 aromatic heterocycles. The number of hydrogen-bond acceptors (Lipinski definition) is 7. The second-order valence-corrected chi connectivity index (χ2v) is 9.18. The number of methoxy groups -OCH3 is 1. The minimum Gasteiger partial charge on any atom is -0.492 e. The summed E-state index contributed by atoms with van der Waals surface area (Å²) < 4.78 is 10.7. The summed E-state index contributed by atoms with van der Waals surface area (Å²) in [5, 5.41) is 26.2. The van der Waals surface area contributed by atoms with E-state index in [1.807, 2.05) is 13.8 Å². The summed E-state index contributed by atoms with van der Waals surface area (Å²) >= 11 is 0. The number of hydrogen-bond donors (Lipinski definition) is 2. The summed E-state index contributed by atoms with van der Waals surface area (Å²) in [4.78, 5) is 12.3. The molecule has 0 spiro atoms. The Labute approximate surface area is 188 Å². The van der Waals surface area contributed by atoms with Crippen LogP contribution in [-0.4, -0.2) is 51.8 Å². The molecule has 0 amide bonds. The molecule has 0 radical (unpaired) electrons. The zero-order valence-corrected chi connectivity index (χ0v) is 19.1. The fourth-order valence-electron chi connectivity index (χ4n) is 5.47. The zero-order valence-electron chi connectivity index (χ0n) is 19.1. The number of fused-ring (bicyclic) bond motifs is 3.